The Morgan fingerprint density at radius 2 is 1.30 bits per heavy atom. The third kappa shape index (κ3) is 4.40. The summed E-state index contributed by atoms with van der Waals surface area (Å²) in [6, 6.07) is 20.8. The molecule has 3 aromatic carbocycles. The lowest BCUT2D eigenvalue weighted by Gasteiger charge is -2.42. The number of benzene rings is 3. The predicted molar refractivity (Wildman–Crippen MR) is 146 cm³/mol. The summed E-state index contributed by atoms with van der Waals surface area (Å²) in [5.74, 6) is 1.67. The molecule has 2 amide bonds. The van der Waals surface area contributed by atoms with Crippen molar-refractivity contribution >= 4 is 33.4 Å². The lowest BCUT2D eigenvalue weighted by atomic mass is 9.95. The molecule has 1 aromatic heterocycles. The average molecular weight is 496 g/mol. The maximum atomic E-state index is 13.8. The summed E-state index contributed by atoms with van der Waals surface area (Å²) in [4.78, 5) is 33.3. The molecule has 190 valence electrons. The lowest BCUT2D eigenvalue weighted by Crippen LogP contribution is -2.54. The van der Waals surface area contributed by atoms with Gasteiger partial charge in [0.25, 0.3) is 11.8 Å². The highest BCUT2D eigenvalue weighted by Crippen LogP contribution is 2.30. The van der Waals surface area contributed by atoms with Crippen LogP contribution in [0.15, 0.2) is 65.1 Å². The van der Waals surface area contributed by atoms with E-state index in [1.165, 1.54) is 0 Å². The van der Waals surface area contributed by atoms with Crippen LogP contribution in [0.4, 0.5) is 0 Å². The summed E-state index contributed by atoms with van der Waals surface area (Å²) in [6.45, 7) is 8.44. The molecule has 6 nitrogen and oxygen atoms in total. The maximum Gasteiger partial charge on any atom is 0.257 e. The third-order valence-electron chi connectivity index (χ3n) is 8.13. The molecule has 4 aromatic rings. The SMILES string of the molecule is Cc1cc(C(=O)N2CCC(N3CCN(C(=O)c4c5ccccc5cc5ccccc45)CC3)CC2)c(C)o1. The van der Waals surface area contributed by atoms with Crippen LogP contribution in [0.2, 0.25) is 0 Å². The average Bonchev–Trinajstić information content (AvgIpc) is 3.28. The summed E-state index contributed by atoms with van der Waals surface area (Å²) in [5, 5.41) is 4.25. The van der Waals surface area contributed by atoms with Crippen molar-refractivity contribution in [1.82, 2.24) is 14.7 Å². The third-order valence-corrected chi connectivity index (χ3v) is 8.13. The van der Waals surface area contributed by atoms with E-state index in [4.69, 9.17) is 4.42 Å². The number of amides is 2. The van der Waals surface area contributed by atoms with Crippen LogP contribution in [-0.4, -0.2) is 71.8 Å². The van der Waals surface area contributed by atoms with Gasteiger partial charge < -0.3 is 14.2 Å². The zero-order chi connectivity index (χ0) is 25.5. The number of fused-ring (bicyclic) bond motifs is 2. The van der Waals surface area contributed by atoms with Crippen LogP contribution in [-0.2, 0) is 0 Å². The Morgan fingerprint density at radius 1 is 0.730 bits per heavy atom. The fourth-order valence-electron chi connectivity index (χ4n) is 6.14. The van der Waals surface area contributed by atoms with Gasteiger partial charge in [-0.1, -0.05) is 48.5 Å². The van der Waals surface area contributed by atoms with Gasteiger partial charge in [-0.25, -0.2) is 0 Å². The van der Waals surface area contributed by atoms with E-state index in [0.717, 1.165) is 85.0 Å². The van der Waals surface area contributed by atoms with Gasteiger partial charge in [-0.3, -0.25) is 14.5 Å². The molecule has 2 aliphatic heterocycles. The van der Waals surface area contributed by atoms with Crippen molar-refractivity contribution in [3.8, 4) is 0 Å². The van der Waals surface area contributed by atoms with Gasteiger partial charge in [0.05, 0.1) is 11.1 Å². The molecule has 2 saturated heterocycles. The van der Waals surface area contributed by atoms with Gasteiger partial charge in [-0.05, 0) is 60.4 Å². The number of carbonyl (C=O) groups excluding carboxylic acids is 2. The number of hydrogen-bond donors (Lipinski definition) is 0. The first-order valence-electron chi connectivity index (χ1n) is 13.3. The Bertz CT molecular complexity index is 1420. The molecule has 0 aliphatic carbocycles. The molecule has 0 spiro atoms. The van der Waals surface area contributed by atoms with Crippen molar-refractivity contribution in [1.29, 1.82) is 0 Å². The molecule has 37 heavy (non-hydrogen) atoms. The number of furan rings is 1. The number of aryl methyl sites for hydroxylation is 2. The van der Waals surface area contributed by atoms with Crippen LogP contribution in [0.3, 0.4) is 0 Å². The first-order valence-corrected chi connectivity index (χ1v) is 13.3. The van der Waals surface area contributed by atoms with E-state index >= 15 is 0 Å². The van der Waals surface area contributed by atoms with E-state index in [1.54, 1.807) is 0 Å². The topological polar surface area (TPSA) is 57.0 Å². The highest BCUT2D eigenvalue weighted by Gasteiger charge is 2.32. The Balaban J connectivity index is 1.12. The number of likely N-dealkylation sites (tertiary alicyclic amines) is 1. The van der Waals surface area contributed by atoms with Gasteiger partial charge in [0.1, 0.15) is 11.5 Å². The van der Waals surface area contributed by atoms with Crippen LogP contribution < -0.4 is 0 Å². The normalized spacial score (nSPS) is 17.6. The van der Waals surface area contributed by atoms with Crippen LogP contribution in [0.25, 0.3) is 21.5 Å². The summed E-state index contributed by atoms with van der Waals surface area (Å²) < 4.78 is 5.56. The first-order chi connectivity index (χ1) is 18.0. The Labute approximate surface area is 217 Å². The van der Waals surface area contributed by atoms with Gasteiger partial charge in [0, 0.05) is 45.3 Å². The second-order valence-electron chi connectivity index (χ2n) is 10.4. The smallest absolute Gasteiger partial charge is 0.257 e. The van der Waals surface area contributed by atoms with Gasteiger partial charge in [0.15, 0.2) is 0 Å². The van der Waals surface area contributed by atoms with E-state index in [2.05, 4.69) is 35.2 Å². The summed E-state index contributed by atoms with van der Waals surface area (Å²) in [7, 11) is 0. The molecule has 6 rings (SSSR count). The van der Waals surface area contributed by atoms with Crippen LogP contribution in [0.1, 0.15) is 45.1 Å². The largest absolute Gasteiger partial charge is 0.466 e. The number of piperazine rings is 1. The standard InChI is InChI=1S/C31H33N3O3/c1-21-19-28(22(2)37-21)30(35)33-13-11-25(12-14-33)32-15-17-34(18-16-32)31(36)29-26-9-5-3-7-23(26)20-24-8-4-6-10-27(24)29/h3-10,19-20,25H,11-18H2,1-2H3. The minimum atomic E-state index is 0.0746. The molecule has 3 heterocycles. The molecular weight excluding hydrogens is 462 g/mol. The first kappa shape index (κ1) is 23.7. The van der Waals surface area contributed by atoms with E-state index in [9.17, 15) is 9.59 Å². The molecular formula is C31H33N3O3. The summed E-state index contributed by atoms with van der Waals surface area (Å²) in [5.41, 5.74) is 1.50. The molecule has 0 unspecified atom stereocenters. The van der Waals surface area contributed by atoms with Crippen molar-refractivity contribution in [3.05, 3.63) is 83.3 Å². The van der Waals surface area contributed by atoms with Crippen molar-refractivity contribution in [2.75, 3.05) is 39.3 Å². The van der Waals surface area contributed by atoms with Gasteiger partial charge in [-0.2, -0.15) is 0 Å². The number of rotatable bonds is 3. The fraction of sp³-hybridized carbons (Fsp3) is 0.355. The monoisotopic (exact) mass is 495 g/mol. The highest BCUT2D eigenvalue weighted by atomic mass is 16.3. The molecule has 2 aliphatic rings. The van der Waals surface area contributed by atoms with Gasteiger partial charge in [-0.15, -0.1) is 0 Å². The molecule has 0 atom stereocenters. The highest BCUT2D eigenvalue weighted by molar-refractivity contribution is 6.18. The summed E-state index contributed by atoms with van der Waals surface area (Å²) in [6.07, 6.45) is 1.92. The van der Waals surface area contributed by atoms with Crippen molar-refractivity contribution in [3.63, 3.8) is 0 Å². The quantitative estimate of drug-likeness (QED) is 0.364. The second-order valence-corrected chi connectivity index (χ2v) is 10.4. The molecule has 0 bridgehead atoms. The second kappa shape index (κ2) is 9.67. The summed E-state index contributed by atoms with van der Waals surface area (Å²) >= 11 is 0. The van der Waals surface area contributed by atoms with Crippen LogP contribution in [0, 0.1) is 13.8 Å². The minimum absolute atomic E-state index is 0.0746. The molecule has 0 N–H and O–H groups in total. The van der Waals surface area contributed by atoms with Crippen LogP contribution >= 0.6 is 0 Å². The zero-order valence-corrected chi connectivity index (χ0v) is 21.6. The van der Waals surface area contributed by atoms with E-state index < -0.39 is 0 Å². The molecule has 0 saturated carbocycles. The minimum Gasteiger partial charge on any atom is -0.466 e. The number of piperidine rings is 1. The van der Waals surface area contributed by atoms with Gasteiger partial charge >= 0.3 is 0 Å². The van der Waals surface area contributed by atoms with Crippen molar-refractivity contribution in [2.45, 2.75) is 32.7 Å². The lowest BCUT2D eigenvalue weighted by molar-refractivity contribution is 0.0413. The molecule has 2 fully saturated rings. The Kier molecular flexibility index (Phi) is 6.21. The zero-order valence-electron chi connectivity index (χ0n) is 21.6. The number of carbonyl (C=O) groups is 2. The molecule has 6 heteroatoms. The number of hydrogen-bond acceptors (Lipinski definition) is 4. The van der Waals surface area contributed by atoms with Gasteiger partial charge in [0.2, 0.25) is 0 Å². The number of nitrogens with zero attached hydrogens (tertiary/aromatic N) is 3. The van der Waals surface area contributed by atoms with E-state index in [-0.39, 0.29) is 11.8 Å². The molecule has 0 radical (unpaired) electrons. The van der Waals surface area contributed by atoms with Crippen LogP contribution in [0.5, 0.6) is 0 Å². The van der Waals surface area contributed by atoms with Crippen molar-refractivity contribution in [2.24, 2.45) is 0 Å². The van der Waals surface area contributed by atoms with E-state index in [1.807, 2.05) is 54.0 Å². The van der Waals surface area contributed by atoms with Crippen molar-refractivity contribution < 1.29 is 14.0 Å². The fourth-order valence-corrected chi connectivity index (χ4v) is 6.14. The van der Waals surface area contributed by atoms with E-state index in [0.29, 0.717) is 17.4 Å². The Hall–Kier alpha value is -3.64. The maximum absolute atomic E-state index is 13.8. The predicted octanol–water partition coefficient (Wildman–Crippen LogP) is 5.27. The Morgan fingerprint density at radius 3 is 1.86 bits per heavy atom.